The summed E-state index contributed by atoms with van der Waals surface area (Å²) >= 11 is 12.1. The van der Waals surface area contributed by atoms with Crippen LogP contribution in [0.1, 0.15) is 15.9 Å². The molecule has 5 rings (SSSR count). The number of benzene rings is 3. The van der Waals surface area contributed by atoms with Crippen LogP contribution < -0.4 is 5.32 Å². The Morgan fingerprint density at radius 1 is 1.07 bits per heavy atom. The molecule has 3 aromatic carbocycles. The van der Waals surface area contributed by atoms with Crippen LogP contribution in [0.15, 0.2) is 67.0 Å². The van der Waals surface area contributed by atoms with Crippen LogP contribution in [0.4, 0.5) is 0 Å². The van der Waals surface area contributed by atoms with Crippen molar-refractivity contribution in [3.05, 3.63) is 88.2 Å². The van der Waals surface area contributed by atoms with Gasteiger partial charge in [-0.05, 0) is 48.0 Å². The molecule has 0 saturated carbocycles. The summed E-state index contributed by atoms with van der Waals surface area (Å²) in [6, 6.07) is 18.5. The molecule has 0 fully saturated rings. The summed E-state index contributed by atoms with van der Waals surface area (Å²) in [5.41, 5.74) is 3.84. The number of hydrogen-bond donors (Lipinski definition) is 2. The predicted molar refractivity (Wildman–Crippen MR) is 118 cm³/mol. The number of aromatic amines is 1. The van der Waals surface area contributed by atoms with Crippen molar-refractivity contribution < 1.29 is 4.79 Å². The fourth-order valence-corrected chi connectivity index (χ4v) is 3.87. The van der Waals surface area contributed by atoms with Gasteiger partial charge in [-0.25, -0.2) is 4.98 Å². The number of para-hydroxylation sites is 1. The normalized spacial score (nSPS) is 11.3. The first kappa shape index (κ1) is 18.7. The molecule has 148 valence electrons. The zero-order valence-electron chi connectivity index (χ0n) is 15.6. The van der Waals surface area contributed by atoms with Crippen molar-refractivity contribution in [2.24, 2.45) is 0 Å². The molecule has 0 spiro atoms. The van der Waals surface area contributed by atoms with Gasteiger partial charge in [0.1, 0.15) is 6.33 Å². The van der Waals surface area contributed by atoms with Crippen molar-refractivity contribution in [1.29, 1.82) is 0 Å². The number of aromatic nitrogens is 4. The van der Waals surface area contributed by atoms with Crippen molar-refractivity contribution in [3.63, 3.8) is 0 Å². The molecule has 0 bridgehead atoms. The van der Waals surface area contributed by atoms with E-state index in [2.05, 4.69) is 20.5 Å². The van der Waals surface area contributed by atoms with Gasteiger partial charge in [0, 0.05) is 27.5 Å². The summed E-state index contributed by atoms with van der Waals surface area (Å²) in [6.45, 7) is 0.306. The predicted octanol–water partition coefficient (Wildman–Crippen LogP) is 5.14. The average Bonchev–Trinajstić information content (AvgIpc) is 3.36. The van der Waals surface area contributed by atoms with Gasteiger partial charge in [-0.2, -0.15) is 5.10 Å². The van der Waals surface area contributed by atoms with E-state index >= 15 is 0 Å². The van der Waals surface area contributed by atoms with Gasteiger partial charge in [-0.1, -0.05) is 41.4 Å². The Hall–Kier alpha value is -3.35. The second kappa shape index (κ2) is 7.48. The van der Waals surface area contributed by atoms with E-state index in [-0.39, 0.29) is 5.91 Å². The Kier molecular flexibility index (Phi) is 4.65. The first-order valence-corrected chi connectivity index (χ1v) is 9.98. The van der Waals surface area contributed by atoms with E-state index in [1.807, 2.05) is 34.9 Å². The van der Waals surface area contributed by atoms with Crippen LogP contribution in [0.25, 0.3) is 27.8 Å². The Morgan fingerprint density at radius 3 is 2.80 bits per heavy atom. The number of halogens is 2. The lowest BCUT2D eigenvalue weighted by Gasteiger charge is -2.08. The SMILES string of the molecule is O=C(NCc1ccc(Cl)cc1Cl)c1ccc2c(c1)ncn2-c1n[nH]c2ccccc12. The van der Waals surface area contributed by atoms with Crippen molar-refractivity contribution >= 4 is 51.0 Å². The third-order valence-electron chi connectivity index (χ3n) is 4.94. The molecule has 8 heteroatoms. The zero-order chi connectivity index (χ0) is 20.7. The quantitative estimate of drug-likeness (QED) is 0.410. The number of hydrogen-bond acceptors (Lipinski definition) is 3. The highest BCUT2D eigenvalue weighted by molar-refractivity contribution is 6.35. The molecule has 0 unspecified atom stereocenters. The largest absolute Gasteiger partial charge is 0.348 e. The maximum absolute atomic E-state index is 12.6. The van der Waals surface area contributed by atoms with Crippen LogP contribution in [0.3, 0.4) is 0 Å². The number of H-pyrrole nitrogens is 1. The van der Waals surface area contributed by atoms with Gasteiger partial charge in [0.2, 0.25) is 0 Å². The number of amides is 1. The molecule has 2 heterocycles. The molecule has 0 aliphatic heterocycles. The number of carbonyl (C=O) groups is 1. The summed E-state index contributed by atoms with van der Waals surface area (Å²) in [5.74, 6) is 0.561. The molecular weight excluding hydrogens is 421 g/mol. The number of imidazole rings is 1. The topological polar surface area (TPSA) is 75.6 Å². The van der Waals surface area contributed by atoms with Gasteiger partial charge in [-0.3, -0.25) is 14.5 Å². The number of fused-ring (bicyclic) bond motifs is 2. The Labute approximate surface area is 181 Å². The van der Waals surface area contributed by atoms with Crippen LogP contribution in [0.2, 0.25) is 10.0 Å². The Balaban J connectivity index is 1.41. The lowest BCUT2D eigenvalue weighted by molar-refractivity contribution is 0.0951. The second-order valence-corrected chi connectivity index (χ2v) is 7.67. The van der Waals surface area contributed by atoms with Gasteiger partial charge in [0.25, 0.3) is 5.91 Å². The van der Waals surface area contributed by atoms with Crippen molar-refractivity contribution in [2.75, 3.05) is 0 Å². The average molecular weight is 436 g/mol. The molecule has 2 aromatic heterocycles. The van der Waals surface area contributed by atoms with E-state index in [1.165, 1.54) is 0 Å². The van der Waals surface area contributed by atoms with Crippen LogP contribution >= 0.6 is 23.2 Å². The van der Waals surface area contributed by atoms with E-state index in [4.69, 9.17) is 23.2 Å². The van der Waals surface area contributed by atoms with Gasteiger partial charge >= 0.3 is 0 Å². The van der Waals surface area contributed by atoms with Crippen molar-refractivity contribution in [1.82, 2.24) is 25.1 Å². The van der Waals surface area contributed by atoms with Gasteiger partial charge in [0.05, 0.1) is 16.6 Å². The van der Waals surface area contributed by atoms with E-state index in [0.717, 1.165) is 27.8 Å². The summed E-state index contributed by atoms with van der Waals surface area (Å²) in [7, 11) is 0. The first-order chi connectivity index (χ1) is 14.6. The van der Waals surface area contributed by atoms with Crippen LogP contribution in [-0.4, -0.2) is 25.7 Å². The van der Waals surface area contributed by atoms with E-state index < -0.39 is 0 Å². The van der Waals surface area contributed by atoms with Crippen molar-refractivity contribution in [3.8, 4) is 5.82 Å². The minimum atomic E-state index is -0.206. The van der Waals surface area contributed by atoms with Crippen LogP contribution in [0, 0.1) is 0 Å². The highest BCUT2D eigenvalue weighted by Gasteiger charge is 2.14. The highest BCUT2D eigenvalue weighted by Crippen LogP contribution is 2.24. The monoisotopic (exact) mass is 435 g/mol. The zero-order valence-corrected chi connectivity index (χ0v) is 17.1. The van der Waals surface area contributed by atoms with Gasteiger partial charge in [0.15, 0.2) is 5.82 Å². The van der Waals surface area contributed by atoms with Crippen molar-refractivity contribution in [2.45, 2.75) is 6.54 Å². The highest BCUT2D eigenvalue weighted by atomic mass is 35.5. The molecule has 0 saturated heterocycles. The van der Waals surface area contributed by atoms with Crippen LogP contribution in [-0.2, 0) is 6.54 Å². The molecule has 2 N–H and O–H groups in total. The number of rotatable bonds is 4. The third-order valence-corrected chi connectivity index (χ3v) is 5.53. The minimum absolute atomic E-state index is 0.206. The van der Waals surface area contributed by atoms with Crippen LogP contribution in [0.5, 0.6) is 0 Å². The Morgan fingerprint density at radius 2 is 1.93 bits per heavy atom. The van der Waals surface area contributed by atoms with Gasteiger partial charge in [-0.15, -0.1) is 0 Å². The fourth-order valence-electron chi connectivity index (χ4n) is 3.40. The van der Waals surface area contributed by atoms with E-state index in [0.29, 0.717) is 27.7 Å². The minimum Gasteiger partial charge on any atom is -0.348 e. The first-order valence-electron chi connectivity index (χ1n) is 9.23. The lowest BCUT2D eigenvalue weighted by atomic mass is 10.1. The summed E-state index contributed by atoms with van der Waals surface area (Å²) in [6.07, 6.45) is 1.71. The van der Waals surface area contributed by atoms with E-state index in [1.54, 1.807) is 36.7 Å². The molecule has 6 nitrogen and oxygen atoms in total. The summed E-state index contributed by atoms with van der Waals surface area (Å²) in [5, 5.41) is 12.4. The molecule has 0 radical (unpaired) electrons. The second-order valence-electron chi connectivity index (χ2n) is 6.83. The third kappa shape index (κ3) is 3.30. The maximum atomic E-state index is 12.6. The number of carbonyl (C=O) groups excluding carboxylic acids is 1. The lowest BCUT2D eigenvalue weighted by Crippen LogP contribution is -2.22. The molecule has 30 heavy (non-hydrogen) atoms. The number of nitrogens with one attached hydrogen (secondary N) is 2. The molecule has 1 amide bonds. The van der Waals surface area contributed by atoms with E-state index in [9.17, 15) is 4.79 Å². The smallest absolute Gasteiger partial charge is 0.251 e. The molecule has 5 aromatic rings. The molecular formula is C22H15Cl2N5O. The fraction of sp³-hybridized carbons (Fsp3) is 0.0455. The maximum Gasteiger partial charge on any atom is 0.251 e. The van der Waals surface area contributed by atoms with Gasteiger partial charge < -0.3 is 5.32 Å². The molecule has 0 aliphatic rings. The molecule has 0 atom stereocenters. The standard InChI is InChI=1S/C22H15Cl2N5O/c23-15-7-5-14(17(24)10-15)11-25-22(30)13-6-8-20-19(9-13)26-12-29(20)21-16-3-1-2-4-18(16)27-28-21/h1-10,12H,11H2,(H,25,30)(H,27,28). The Bertz CT molecular complexity index is 1410. The molecule has 0 aliphatic carbocycles. The summed E-state index contributed by atoms with van der Waals surface area (Å²) < 4.78 is 1.91. The number of nitrogens with zero attached hydrogens (tertiary/aromatic N) is 3. The summed E-state index contributed by atoms with van der Waals surface area (Å²) in [4.78, 5) is 17.1.